The van der Waals surface area contributed by atoms with Gasteiger partial charge in [-0.25, -0.2) is 4.79 Å². The molecule has 1 aliphatic rings. The van der Waals surface area contributed by atoms with E-state index in [-0.39, 0.29) is 24.3 Å². The number of esters is 1. The van der Waals surface area contributed by atoms with Gasteiger partial charge >= 0.3 is 12.1 Å². The van der Waals surface area contributed by atoms with Crippen molar-refractivity contribution in [2.75, 3.05) is 19.9 Å². The maximum absolute atomic E-state index is 12.4. The molecule has 0 aromatic rings. The van der Waals surface area contributed by atoms with Crippen LogP contribution in [0.5, 0.6) is 0 Å². The largest absolute Gasteiger partial charge is 0.428 e. The number of rotatable bonds is 5. The smallest absolute Gasteiger partial charge is 0.412 e. The summed E-state index contributed by atoms with van der Waals surface area (Å²) >= 11 is 0. The fourth-order valence-corrected chi connectivity index (χ4v) is 2.89. The first-order valence-corrected chi connectivity index (χ1v) is 8.41. The molecule has 6 nitrogen and oxygen atoms in total. The van der Waals surface area contributed by atoms with Gasteiger partial charge in [-0.05, 0) is 30.7 Å². The first-order valence-electron chi connectivity index (χ1n) is 8.41. The molecule has 0 aromatic heterocycles. The van der Waals surface area contributed by atoms with Crippen molar-refractivity contribution in [2.45, 2.75) is 66.5 Å². The minimum absolute atomic E-state index is 0.0243. The lowest BCUT2D eigenvalue weighted by Gasteiger charge is -2.45. The summed E-state index contributed by atoms with van der Waals surface area (Å²) in [5, 5.41) is 3.52. The Morgan fingerprint density at radius 3 is 2.39 bits per heavy atom. The molecule has 0 spiro atoms. The summed E-state index contributed by atoms with van der Waals surface area (Å²) in [5.41, 5.74) is -0.0243. The second-order valence-corrected chi connectivity index (χ2v) is 7.77. The quantitative estimate of drug-likeness (QED) is 0.621. The van der Waals surface area contributed by atoms with Gasteiger partial charge in [0.1, 0.15) is 0 Å². The highest BCUT2D eigenvalue weighted by atomic mass is 16.7. The molecule has 0 aromatic carbocycles. The van der Waals surface area contributed by atoms with Crippen molar-refractivity contribution < 1.29 is 19.1 Å². The summed E-state index contributed by atoms with van der Waals surface area (Å²) in [6.07, 6.45) is 1.56. The van der Waals surface area contributed by atoms with Crippen LogP contribution in [0.15, 0.2) is 0 Å². The SMILES string of the molecule is CC(=O)OCOC(=O)N1CC(NCC(C)C)CCC1C(C)(C)C. The molecule has 1 rings (SSSR count). The van der Waals surface area contributed by atoms with E-state index in [0.717, 1.165) is 19.4 Å². The predicted molar refractivity (Wildman–Crippen MR) is 88.9 cm³/mol. The van der Waals surface area contributed by atoms with Crippen molar-refractivity contribution in [3.63, 3.8) is 0 Å². The molecule has 1 aliphatic heterocycles. The Bertz CT molecular complexity index is 404. The van der Waals surface area contributed by atoms with Crippen LogP contribution in [0.4, 0.5) is 4.79 Å². The van der Waals surface area contributed by atoms with Crippen molar-refractivity contribution >= 4 is 12.1 Å². The van der Waals surface area contributed by atoms with Crippen LogP contribution in [0, 0.1) is 11.3 Å². The first-order chi connectivity index (χ1) is 10.6. The molecule has 1 amide bonds. The molecule has 0 radical (unpaired) electrons. The van der Waals surface area contributed by atoms with Crippen molar-refractivity contribution in [1.29, 1.82) is 0 Å². The van der Waals surface area contributed by atoms with Crippen LogP contribution in [-0.4, -0.2) is 48.9 Å². The van der Waals surface area contributed by atoms with Crippen LogP contribution >= 0.6 is 0 Å². The zero-order valence-corrected chi connectivity index (χ0v) is 15.3. The zero-order valence-electron chi connectivity index (χ0n) is 15.3. The van der Waals surface area contributed by atoms with Gasteiger partial charge in [0.25, 0.3) is 0 Å². The van der Waals surface area contributed by atoms with Gasteiger partial charge < -0.3 is 19.7 Å². The second kappa shape index (κ2) is 8.52. The topological polar surface area (TPSA) is 67.9 Å². The average molecular weight is 328 g/mol. The molecule has 0 aliphatic carbocycles. The van der Waals surface area contributed by atoms with Gasteiger partial charge in [0, 0.05) is 25.6 Å². The summed E-state index contributed by atoms with van der Waals surface area (Å²) in [7, 11) is 0. The minimum Gasteiger partial charge on any atom is -0.428 e. The molecule has 1 N–H and O–H groups in total. The van der Waals surface area contributed by atoms with E-state index in [2.05, 4.69) is 39.9 Å². The number of likely N-dealkylation sites (tertiary alicyclic amines) is 1. The molecular weight excluding hydrogens is 296 g/mol. The van der Waals surface area contributed by atoms with Crippen LogP contribution < -0.4 is 5.32 Å². The fraction of sp³-hybridized carbons (Fsp3) is 0.882. The molecule has 1 saturated heterocycles. The number of hydrogen-bond donors (Lipinski definition) is 1. The lowest BCUT2D eigenvalue weighted by atomic mass is 9.80. The van der Waals surface area contributed by atoms with E-state index in [1.54, 1.807) is 4.90 Å². The van der Waals surface area contributed by atoms with Crippen molar-refractivity contribution in [2.24, 2.45) is 11.3 Å². The van der Waals surface area contributed by atoms with E-state index in [4.69, 9.17) is 9.47 Å². The number of amides is 1. The van der Waals surface area contributed by atoms with Crippen LogP contribution in [0.3, 0.4) is 0 Å². The van der Waals surface area contributed by atoms with Gasteiger partial charge in [-0.3, -0.25) is 4.79 Å². The highest BCUT2D eigenvalue weighted by Gasteiger charge is 2.39. The lowest BCUT2D eigenvalue weighted by Crippen LogP contribution is -2.57. The van der Waals surface area contributed by atoms with Crippen molar-refractivity contribution in [3.8, 4) is 0 Å². The molecule has 0 bridgehead atoms. The van der Waals surface area contributed by atoms with Gasteiger partial charge in [0.15, 0.2) is 0 Å². The fourth-order valence-electron chi connectivity index (χ4n) is 2.89. The first kappa shape index (κ1) is 19.7. The second-order valence-electron chi connectivity index (χ2n) is 7.77. The van der Waals surface area contributed by atoms with Crippen LogP contribution in [0.1, 0.15) is 54.4 Å². The van der Waals surface area contributed by atoms with Gasteiger partial charge in [0.05, 0.1) is 0 Å². The Kier molecular flexibility index (Phi) is 7.32. The Labute approximate surface area is 139 Å². The maximum Gasteiger partial charge on any atom is 0.412 e. The number of nitrogens with one attached hydrogen (secondary N) is 1. The molecule has 23 heavy (non-hydrogen) atoms. The Morgan fingerprint density at radius 1 is 1.22 bits per heavy atom. The van der Waals surface area contributed by atoms with E-state index in [1.165, 1.54) is 6.92 Å². The van der Waals surface area contributed by atoms with E-state index >= 15 is 0 Å². The number of piperidine rings is 1. The maximum atomic E-state index is 12.4. The molecular formula is C17H32N2O4. The van der Waals surface area contributed by atoms with Crippen molar-refractivity contribution in [3.05, 3.63) is 0 Å². The predicted octanol–water partition coefficient (Wildman–Crippen LogP) is 2.77. The van der Waals surface area contributed by atoms with Gasteiger partial charge in [-0.2, -0.15) is 0 Å². The highest BCUT2D eigenvalue weighted by molar-refractivity contribution is 5.69. The van der Waals surface area contributed by atoms with E-state index in [9.17, 15) is 9.59 Å². The number of ether oxygens (including phenoxy) is 2. The molecule has 1 fully saturated rings. The third-order valence-electron chi connectivity index (χ3n) is 4.08. The highest BCUT2D eigenvalue weighted by Crippen LogP contribution is 2.32. The molecule has 6 heteroatoms. The molecule has 0 saturated carbocycles. The van der Waals surface area contributed by atoms with E-state index < -0.39 is 12.1 Å². The normalized spacial score (nSPS) is 22.1. The van der Waals surface area contributed by atoms with Crippen LogP contribution in [0.25, 0.3) is 0 Å². The van der Waals surface area contributed by atoms with E-state index in [1.807, 2.05) is 0 Å². The van der Waals surface area contributed by atoms with Crippen LogP contribution in [0.2, 0.25) is 0 Å². The van der Waals surface area contributed by atoms with Gasteiger partial charge in [-0.15, -0.1) is 0 Å². The Hall–Kier alpha value is -1.30. The summed E-state index contributed by atoms with van der Waals surface area (Å²) in [6.45, 7) is 13.2. The summed E-state index contributed by atoms with van der Waals surface area (Å²) in [4.78, 5) is 25.0. The average Bonchev–Trinajstić information content (AvgIpc) is 2.43. The summed E-state index contributed by atoms with van der Waals surface area (Å²) in [5.74, 6) is 0.111. The van der Waals surface area contributed by atoms with Crippen LogP contribution in [-0.2, 0) is 14.3 Å². The number of carbonyl (C=O) groups is 2. The monoisotopic (exact) mass is 328 g/mol. The zero-order chi connectivity index (χ0) is 17.6. The van der Waals surface area contributed by atoms with Crippen molar-refractivity contribution in [1.82, 2.24) is 10.2 Å². The third-order valence-corrected chi connectivity index (χ3v) is 4.08. The van der Waals surface area contributed by atoms with Gasteiger partial charge in [-0.1, -0.05) is 34.6 Å². The summed E-state index contributed by atoms with van der Waals surface area (Å²) < 4.78 is 9.81. The standard InChI is InChI=1S/C17H32N2O4/c1-12(2)9-18-14-7-8-15(17(4,5)6)19(10-14)16(21)23-11-22-13(3)20/h12,14-15,18H,7-11H2,1-6H3. The Morgan fingerprint density at radius 2 is 1.87 bits per heavy atom. The molecule has 1 heterocycles. The van der Waals surface area contributed by atoms with E-state index in [0.29, 0.717) is 12.5 Å². The third kappa shape index (κ3) is 6.77. The van der Waals surface area contributed by atoms with Gasteiger partial charge in [0.2, 0.25) is 6.79 Å². The minimum atomic E-state index is -0.458. The molecule has 2 atom stereocenters. The number of carbonyl (C=O) groups excluding carboxylic acids is 2. The number of nitrogens with zero attached hydrogens (tertiary/aromatic N) is 1. The number of hydrogen-bond acceptors (Lipinski definition) is 5. The Balaban J connectivity index is 2.68. The molecule has 134 valence electrons. The lowest BCUT2D eigenvalue weighted by molar-refractivity contribution is -0.150. The molecule has 2 unspecified atom stereocenters. The summed E-state index contributed by atoms with van der Waals surface area (Å²) in [6, 6.07) is 0.390.